The van der Waals surface area contributed by atoms with Gasteiger partial charge in [0.2, 0.25) is 5.91 Å². The first kappa shape index (κ1) is 16.0. The molecule has 2 rings (SSSR count). The molecule has 6 heteroatoms. The first-order valence-corrected chi connectivity index (χ1v) is 8.27. The van der Waals surface area contributed by atoms with Crippen molar-refractivity contribution < 1.29 is 14.7 Å². The summed E-state index contributed by atoms with van der Waals surface area (Å²) in [5.41, 5.74) is 0. The summed E-state index contributed by atoms with van der Waals surface area (Å²) in [7, 11) is 0. The molecule has 0 aromatic carbocycles. The fourth-order valence-electron chi connectivity index (χ4n) is 2.73. The van der Waals surface area contributed by atoms with Gasteiger partial charge in [-0.3, -0.25) is 9.59 Å². The van der Waals surface area contributed by atoms with Crippen LogP contribution in [0.5, 0.6) is 0 Å². The normalized spacial score (nSPS) is 23.5. The summed E-state index contributed by atoms with van der Waals surface area (Å²) in [6.07, 6.45) is 2.92. The molecule has 1 saturated heterocycles. The van der Waals surface area contributed by atoms with Crippen LogP contribution in [-0.4, -0.2) is 29.6 Å². The highest BCUT2D eigenvalue weighted by Crippen LogP contribution is 2.24. The summed E-state index contributed by atoms with van der Waals surface area (Å²) in [5, 5.41) is 17.0. The highest BCUT2D eigenvalue weighted by molar-refractivity contribution is 7.10. The molecule has 1 aliphatic heterocycles. The van der Waals surface area contributed by atoms with Crippen molar-refractivity contribution >= 4 is 23.2 Å². The van der Waals surface area contributed by atoms with E-state index in [9.17, 15) is 9.59 Å². The van der Waals surface area contributed by atoms with E-state index < -0.39 is 12.0 Å². The molecule has 1 fully saturated rings. The number of thiophene rings is 1. The van der Waals surface area contributed by atoms with Gasteiger partial charge in [-0.2, -0.15) is 0 Å². The van der Waals surface area contributed by atoms with Crippen molar-refractivity contribution in [1.29, 1.82) is 0 Å². The summed E-state index contributed by atoms with van der Waals surface area (Å²) in [4.78, 5) is 24.3. The Morgan fingerprint density at radius 2 is 2.38 bits per heavy atom. The second-order valence-corrected chi connectivity index (χ2v) is 6.46. The monoisotopic (exact) mass is 310 g/mol. The largest absolute Gasteiger partial charge is 0.481 e. The molecule has 2 heterocycles. The van der Waals surface area contributed by atoms with Crippen molar-refractivity contribution in [1.82, 2.24) is 10.6 Å². The Bertz CT molecular complexity index is 475. The number of carbonyl (C=O) groups excluding carboxylic acids is 1. The van der Waals surface area contributed by atoms with Crippen molar-refractivity contribution in [3.63, 3.8) is 0 Å². The van der Waals surface area contributed by atoms with Crippen LogP contribution < -0.4 is 10.6 Å². The second-order valence-electron chi connectivity index (χ2n) is 5.48. The molecule has 0 bridgehead atoms. The second kappa shape index (κ2) is 7.56. The van der Waals surface area contributed by atoms with Crippen molar-refractivity contribution in [3.8, 4) is 0 Å². The average Bonchev–Trinajstić information content (AvgIpc) is 3.00. The molecule has 0 saturated carbocycles. The summed E-state index contributed by atoms with van der Waals surface area (Å²) < 4.78 is 0. The Labute approximate surface area is 128 Å². The minimum atomic E-state index is -0.906. The summed E-state index contributed by atoms with van der Waals surface area (Å²) in [6.45, 7) is 2.99. The molecule has 0 spiro atoms. The Morgan fingerprint density at radius 1 is 1.57 bits per heavy atom. The minimum Gasteiger partial charge on any atom is -0.481 e. The number of nitrogens with one attached hydrogen (secondary N) is 2. The topological polar surface area (TPSA) is 78.4 Å². The van der Waals surface area contributed by atoms with Gasteiger partial charge in [-0.05, 0) is 36.8 Å². The zero-order valence-electron chi connectivity index (χ0n) is 12.2. The highest BCUT2D eigenvalue weighted by Gasteiger charge is 2.28. The lowest BCUT2D eigenvalue weighted by Gasteiger charge is -2.30. The number of carboxylic acid groups (broad SMARTS) is 1. The van der Waals surface area contributed by atoms with E-state index in [0.717, 1.165) is 30.7 Å². The lowest BCUT2D eigenvalue weighted by Crippen LogP contribution is -2.49. The van der Waals surface area contributed by atoms with Crippen LogP contribution in [0.1, 0.15) is 43.5 Å². The van der Waals surface area contributed by atoms with Gasteiger partial charge < -0.3 is 15.7 Å². The zero-order valence-corrected chi connectivity index (χ0v) is 13.0. The molecule has 3 unspecified atom stereocenters. The number of aliphatic carboxylic acids is 1. The standard InChI is InChI=1S/C15H22N2O3S/c1-2-10-5-6-16-12(8-10)15(20)17-11(9-14(18)19)13-4-3-7-21-13/h3-4,7,10-12,16H,2,5-6,8-9H2,1H3,(H,17,20)(H,18,19). The Hall–Kier alpha value is -1.40. The van der Waals surface area contributed by atoms with E-state index in [1.807, 2.05) is 17.5 Å². The number of rotatable bonds is 6. The number of carboxylic acids is 1. The predicted molar refractivity (Wildman–Crippen MR) is 82.3 cm³/mol. The van der Waals surface area contributed by atoms with Crippen LogP contribution in [0.3, 0.4) is 0 Å². The Balaban J connectivity index is 1.99. The van der Waals surface area contributed by atoms with Crippen LogP contribution in [0.2, 0.25) is 0 Å². The van der Waals surface area contributed by atoms with Crippen LogP contribution in [-0.2, 0) is 9.59 Å². The van der Waals surface area contributed by atoms with Gasteiger partial charge >= 0.3 is 5.97 Å². The summed E-state index contributed by atoms with van der Waals surface area (Å²) in [5.74, 6) is -0.425. The van der Waals surface area contributed by atoms with E-state index in [1.165, 1.54) is 11.3 Å². The fraction of sp³-hybridized carbons (Fsp3) is 0.600. The van der Waals surface area contributed by atoms with Gasteiger partial charge in [0, 0.05) is 4.88 Å². The molecule has 3 atom stereocenters. The quantitative estimate of drug-likeness (QED) is 0.752. The predicted octanol–water partition coefficient (Wildman–Crippen LogP) is 2.16. The molecular weight excluding hydrogens is 288 g/mol. The SMILES string of the molecule is CCC1CCNC(C(=O)NC(CC(=O)O)c2cccs2)C1. The number of hydrogen-bond donors (Lipinski definition) is 3. The van der Waals surface area contributed by atoms with Crippen LogP contribution in [0.4, 0.5) is 0 Å². The molecule has 5 nitrogen and oxygen atoms in total. The maximum Gasteiger partial charge on any atom is 0.305 e. The van der Waals surface area contributed by atoms with E-state index in [0.29, 0.717) is 5.92 Å². The van der Waals surface area contributed by atoms with Crippen LogP contribution in [0.25, 0.3) is 0 Å². The summed E-state index contributed by atoms with van der Waals surface area (Å²) in [6, 6.07) is 3.08. The Morgan fingerprint density at radius 3 is 3.00 bits per heavy atom. The third kappa shape index (κ3) is 4.54. The fourth-order valence-corrected chi connectivity index (χ4v) is 3.50. The minimum absolute atomic E-state index is 0.0871. The molecule has 1 aromatic rings. The number of carbonyl (C=O) groups is 2. The number of piperidine rings is 1. The average molecular weight is 310 g/mol. The third-order valence-electron chi connectivity index (χ3n) is 3.99. The van der Waals surface area contributed by atoms with Crippen LogP contribution in [0, 0.1) is 5.92 Å². The maximum atomic E-state index is 12.4. The first-order valence-electron chi connectivity index (χ1n) is 7.39. The number of hydrogen-bond acceptors (Lipinski definition) is 4. The number of amides is 1. The van der Waals surface area contributed by atoms with Gasteiger partial charge in [0.25, 0.3) is 0 Å². The molecule has 1 aromatic heterocycles. The van der Waals surface area contributed by atoms with E-state index in [-0.39, 0.29) is 18.4 Å². The lowest BCUT2D eigenvalue weighted by atomic mass is 9.90. The molecule has 3 N–H and O–H groups in total. The van der Waals surface area contributed by atoms with E-state index >= 15 is 0 Å². The molecule has 21 heavy (non-hydrogen) atoms. The zero-order chi connectivity index (χ0) is 15.2. The molecular formula is C15H22N2O3S. The van der Waals surface area contributed by atoms with Gasteiger partial charge in [0.15, 0.2) is 0 Å². The van der Waals surface area contributed by atoms with Gasteiger partial charge in [-0.15, -0.1) is 11.3 Å². The van der Waals surface area contributed by atoms with Crippen molar-refractivity contribution in [3.05, 3.63) is 22.4 Å². The summed E-state index contributed by atoms with van der Waals surface area (Å²) >= 11 is 1.47. The molecule has 0 radical (unpaired) electrons. The van der Waals surface area contributed by atoms with E-state index in [4.69, 9.17) is 5.11 Å². The highest BCUT2D eigenvalue weighted by atomic mass is 32.1. The van der Waals surface area contributed by atoms with Gasteiger partial charge in [-0.25, -0.2) is 0 Å². The molecule has 0 aliphatic carbocycles. The van der Waals surface area contributed by atoms with Gasteiger partial charge in [-0.1, -0.05) is 19.4 Å². The first-order chi connectivity index (χ1) is 10.1. The van der Waals surface area contributed by atoms with E-state index in [1.54, 1.807) is 0 Å². The van der Waals surface area contributed by atoms with Gasteiger partial charge in [0.05, 0.1) is 18.5 Å². The smallest absolute Gasteiger partial charge is 0.305 e. The Kier molecular flexibility index (Phi) is 5.76. The van der Waals surface area contributed by atoms with Crippen molar-refractivity contribution in [2.45, 2.75) is 44.7 Å². The van der Waals surface area contributed by atoms with Crippen molar-refractivity contribution in [2.24, 2.45) is 5.92 Å². The third-order valence-corrected chi connectivity index (χ3v) is 4.97. The maximum absolute atomic E-state index is 12.4. The van der Waals surface area contributed by atoms with Gasteiger partial charge in [0.1, 0.15) is 0 Å². The van der Waals surface area contributed by atoms with Crippen LogP contribution >= 0.6 is 11.3 Å². The molecule has 1 amide bonds. The lowest BCUT2D eigenvalue weighted by molar-refractivity contribution is -0.137. The molecule has 116 valence electrons. The van der Waals surface area contributed by atoms with Crippen molar-refractivity contribution in [2.75, 3.05) is 6.54 Å². The molecule has 1 aliphatic rings. The van der Waals surface area contributed by atoms with Crippen LogP contribution in [0.15, 0.2) is 17.5 Å². The van der Waals surface area contributed by atoms with E-state index in [2.05, 4.69) is 17.6 Å².